The minimum absolute atomic E-state index is 0.0203. The summed E-state index contributed by atoms with van der Waals surface area (Å²) in [4.78, 5) is 12.4. The summed E-state index contributed by atoms with van der Waals surface area (Å²) in [6.07, 6.45) is 1.26. The quantitative estimate of drug-likeness (QED) is 0.140. The van der Waals surface area contributed by atoms with Crippen LogP contribution in [0.4, 0.5) is 0 Å². The summed E-state index contributed by atoms with van der Waals surface area (Å²) in [6, 6.07) is 30.9. The topological polar surface area (TPSA) is 63.2 Å². The first-order valence-corrected chi connectivity index (χ1v) is 16.9. The number of benzene rings is 3. The second-order valence-corrected chi connectivity index (χ2v) is 13.2. The molecule has 4 rings (SSSR count). The zero-order valence-corrected chi connectivity index (χ0v) is 28.5. The fourth-order valence-corrected chi connectivity index (χ4v) is 6.90. The third-order valence-electron chi connectivity index (χ3n) is 9.63. The Kier molecular flexibility index (Phi) is 14.3. The Balaban J connectivity index is 1.57. The number of methoxy groups -OCH3 is 1. The first-order chi connectivity index (χ1) is 22.3. The van der Waals surface area contributed by atoms with Gasteiger partial charge < -0.3 is 23.7 Å². The summed E-state index contributed by atoms with van der Waals surface area (Å²) >= 11 is 0. The minimum Gasteiger partial charge on any atom is -0.469 e. The van der Waals surface area contributed by atoms with Crippen LogP contribution in [-0.2, 0) is 48.3 Å². The van der Waals surface area contributed by atoms with E-state index < -0.39 is 0 Å². The normalized spacial score (nSPS) is 22.3. The molecule has 250 valence electrons. The molecule has 3 aromatic carbocycles. The predicted octanol–water partition coefficient (Wildman–Crippen LogP) is 8.28. The number of carbonyl (C=O) groups excluding carboxylic acids is 1. The summed E-state index contributed by atoms with van der Waals surface area (Å²) in [6.45, 7) is 13.0. The molecule has 0 radical (unpaired) electrons. The number of rotatable bonds is 17. The molecule has 1 aliphatic rings. The lowest BCUT2D eigenvalue weighted by Gasteiger charge is -2.44. The van der Waals surface area contributed by atoms with Crippen LogP contribution >= 0.6 is 0 Å². The third kappa shape index (κ3) is 10.2. The van der Waals surface area contributed by atoms with E-state index in [1.165, 1.54) is 7.11 Å². The van der Waals surface area contributed by atoms with Gasteiger partial charge in [0.2, 0.25) is 0 Å². The number of ether oxygens (including phenoxy) is 5. The van der Waals surface area contributed by atoms with Gasteiger partial charge in [0.05, 0.1) is 63.9 Å². The highest BCUT2D eigenvalue weighted by Gasteiger charge is 2.43. The smallest absolute Gasteiger partial charge is 0.311 e. The molecule has 0 amide bonds. The van der Waals surface area contributed by atoms with Gasteiger partial charge in [0.15, 0.2) is 0 Å². The molecular weight excluding hydrogens is 576 g/mol. The van der Waals surface area contributed by atoms with Gasteiger partial charge in [-0.15, -0.1) is 0 Å². The lowest BCUT2D eigenvalue weighted by Crippen LogP contribution is -2.50. The molecule has 0 aliphatic carbocycles. The molecule has 0 saturated carbocycles. The Morgan fingerprint density at radius 2 is 1.24 bits per heavy atom. The Bertz CT molecular complexity index is 1270. The summed E-state index contributed by atoms with van der Waals surface area (Å²) < 4.78 is 31.8. The molecule has 0 unspecified atom stereocenters. The third-order valence-corrected chi connectivity index (χ3v) is 9.63. The van der Waals surface area contributed by atoms with Gasteiger partial charge in [0.1, 0.15) is 0 Å². The van der Waals surface area contributed by atoms with Crippen molar-refractivity contribution in [3.63, 3.8) is 0 Å². The van der Waals surface area contributed by atoms with Crippen molar-refractivity contribution in [2.75, 3.05) is 13.7 Å². The predicted molar refractivity (Wildman–Crippen MR) is 182 cm³/mol. The molecule has 1 heterocycles. The van der Waals surface area contributed by atoms with Crippen molar-refractivity contribution < 1.29 is 28.5 Å². The van der Waals surface area contributed by atoms with Crippen LogP contribution in [0.5, 0.6) is 0 Å². The Labute approximate surface area is 276 Å². The van der Waals surface area contributed by atoms with E-state index in [1.807, 2.05) is 61.5 Å². The van der Waals surface area contributed by atoms with Crippen molar-refractivity contribution in [1.82, 2.24) is 0 Å². The van der Waals surface area contributed by atoms with Gasteiger partial charge in [-0.25, -0.2) is 0 Å². The minimum atomic E-state index is -0.322. The second kappa shape index (κ2) is 18.3. The molecule has 46 heavy (non-hydrogen) atoms. The molecule has 9 atom stereocenters. The molecule has 1 fully saturated rings. The van der Waals surface area contributed by atoms with Crippen molar-refractivity contribution in [3.05, 3.63) is 108 Å². The molecule has 6 nitrogen and oxygen atoms in total. The highest BCUT2D eigenvalue weighted by atomic mass is 16.5. The van der Waals surface area contributed by atoms with Gasteiger partial charge in [-0.2, -0.15) is 0 Å². The van der Waals surface area contributed by atoms with E-state index in [-0.39, 0.29) is 54.1 Å². The van der Waals surface area contributed by atoms with E-state index >= 15 is 0 Å². The zero-order valence-electron chi connectivity index (χ0n) is 28.5. The van der Waals surface area contributed by atoms with Gasteiger partial charge in [-0.3, -0.25) is 4.79 Å². The number of hydrogen-bond donors (Lipinski definition) is 0. The van der Waals surface area contributed by atoms with E-state index in [2.05, 4.69) is 64.1 Å². The van der Waals surface area contributed by atoms with Crippen LogP contribution in [0.15, 0.2) is 91.0 Å². The number of esters is 1. The maximum atomic E-state index is 12.4. The van der Waals surface area contributed by atoms with Crippen LogP contribution < -0.4 is 0 Å². The first-order valence-electron chi connectivity index (χ1n) is 16.9. The fraction of sp³-hybridized carbons (Fsp3) is 0.525. The van der Waals surface area contributed by atoms with Crippen LogP contribution in [-0.4, -0.2) is 44.1 Å². The molecule has 3 aromatic rings. The largest absolute Gasteiger partial charge is 0.469 e. The van der Waals surface area contributed by atoms with Gasteiger partial charge in [0, 0.05) is 17.8 Å². The van der Waals surface area contributed by atoms with E-state index in [0.717, 1.165) is 29.5 Å². The average Bonchev–Trinajstić information content (AvgIpc) is 3.09. The summed E-state index contributed by atoms with van der Waals surface area (Å²) in [7, 11) is 1.44. The van der Waals surface area contributed by atoms with Crippen LogP contribution in [0.3, 0.4) is 0 Å². The summed E-state index contributed by atoms with van der Waals surface area (Å²) in [5.74, 6) is -0.0591. The molecule has 0 aromatic heterocycles. The molecule has 0 bridgehead atoms. The van der Waals surface area contributed by atoms with Crippen LogP contribution in [0, 0.1) is 29.6 Å². The average molecular weight is 631 g/mol. The van der Waals surface area contributed by atoms with Crippen molar-refractivity contribution in [3.8, 4) is 0 Å². The molecule has 0 N–H and O–H groups in total. The maximum absolute atomic E-state index is 12.4. The van der Waals surface area contributed by atoms with Crippen LogP contribution in [0.25, 0.3) is 0 Å². The fourth-order valence-electron chi connectivity index (χ4n) is 6.90. The molecule has 6 heteroatoms. The Hall–Kier alpha value is -3.03. The summed E-state index contributed by atoms with van der Waals surface area (Å²) in [5.41, 5.74) is 3.42. The van der Waals surface area contributed by atoms with Gasteiger partial charge in [-0.1, -0.05) is 119 Å². The number of carbonyl (C=O) groups is 1. The highest BCUT2D eigenvalue weighted by molar-refractivity contribution is 5.72. The molecule has 0 spiro atoms. The van der Waals surface area contributed by atoms with Gasteiger partial charge in [0.25, 0.3) is 0 Å². The SMILES string of the molecule is COC(=O)[C@@H](C)[C@@H]1CC[C@H](C)[C@@H]([C@@H](C)[C@@H](OCc2ccccc2)[C@@H](C)[C@@H](OCc2ccccc2)[C@@H](C)COCc2ccccc2)O1. The molecule has 1 saturated heterocycles. The van der Waals surface area contributed by atoms with E-state index in [1.54, 1.807) is 0 Å². The van der Waals surface area contributed by atoms with Crippen LogP contribution in [0.1, 0.15) is 64.2 Å². The first kappa shape index (κ1) is 35.8. The van der Waals surface area contributed by atoms with Gasteiger partial charge >= 0.3 is 5.97 Å². The standard InChI is InChI=1S/C40H54O6/c1-28-22-23-36(30(3)40(41)42-6)46-38(28)32(5)39(45-27-35-20-14-9-15-21-35)31(4)37(44-26-34-18-12-8-13-19-34)29(2)24-43-25-33-16-10-7-11-17-33/h7-21,28-32,36-39H,22-27H2,1-6H3/t28-,29-,30-,31-,32+,36-,37-,38-,39-/m0/s1. The van der Waals surface area contributed by atoms with E-state index in [0.29, 0.717) is 32.3 Å². The van der Waals surface area contributed by atoms with E-state index in [4.69, 9.17) is 23.7 Å². The van der Waals surface area contributed by atoms with Crippen LogP contribution in [0.2, 0.25) is 0 Å². The molecular formula is C40H54O6. The lowest BCUT2D eigenvalue weighted by molar-refractivity contribution is -0.181. The summed E-state index contributed by atoms with van der Waals surface area (Å²) in [5, 5.41) is 0. The van der Waals surface area contributed by atoms with Crippen molar-refractivity contribution >= 4 is 5.97 Å². The van der Waals surface area contributed by atoms with E-state index in [9.17, 15) is 4.79 Å². The maximum Gasteiger partial charge on any atom is 0.311 e. The van der Waals surface area contributed by atoms with Crippen molar-refractivity contribution in [2.24, 2.45) is 29.6 Å². The Morgan fingerprint density at radius 3 is 1.76 bits per heavy atom. The monoisotopic (exact) mass is 630 g/mol. The zero-order chi connectivity index (χ0) is 32.9. The van der Waals surface area contributed by atoms with Crippen molar-refractivity contribution in [2.45, 2.75) is 91.7 Å². The lowest BCUT2D eigenvalue weighted by atomic mass is 9.76. The number of hydrogen-bond acceptors (Lipinski definition) is 6. The van der Waals surface area contributed by atoms with Gasteiger partial charge in [-0.05, 0) is 42.4 Å². The Morgan fingerprint density at radius 1 is 0.739 bits per heavy atom. The highest BCUT2D eigenvalue weighted by Crippen LogP contribution is 2.38. The second-order valence-electron chi connectivity index (χ2n) is 13.2. The van der Waals surface area contributed by atoms with Crippen molar-refractivity contribution in [1.29, 1.82) is 0 Å². The molecule has 1 aliphatic heterocycles.